The summed E-state index contributed by atoms with van der Waals surface area (Å²) in [6.07, 6.45) is 1.92. The summed E-state index contributed by atoms with van der Waals surface area (Å²) in [6.45, 7) is 2.70. The number of unbranched alkanes of at least 4 members (excludes halogenated alkanes) is 1. The molecule has 1 amide bonds. The first-order valence-electron chi connectivity index (χ1n) is 10.2. The highest BCUT2D eigenvalue weighted by Gasteiger charge is 2.17. The fourth-order valence-electron chi connectivity index (χ4n) is 3.28. The second-order valence-corrected chi connectivity index (χ2v) is 7.61. The molecule has 2 aromatic carbocycles. The highest BCUT2D eigenvalue weighted by atomic mass is 35.5. The van der Waals surface area contributed by atoms with Crippen LogP contribution in [0, 0.1) is 0 Å². The minimum atomic E-state index is -0.179. The third kappa shape index (κ3) is 4.54. The van der Waals surface area contributed by atoms with E-state index in [0.717, 1.165) is 35.4 Å². The van der Waals surface area contributed by atoms with Crippen LogP contribution >= 0.6 is 11.6 Å². The molecule has 0 aliphatic rings. The van der Waals surface area contributed by atoms with E-state index >= 15 is 0 Å². The molecule has 0 saturated carbocycles. The monoisotopic (exact) mass is 434 g/mol. The minimum Gasteiger partial charge on any atom is -0.497 e. The molecular weight excluding hydrogens is 412 g/mol. The molecule has 0 saturated heterocycles. The Kier molecular flexibility index (Phi) is 6.18. The summed E-state index contributed by atoms with van der Waals surface area (Å²) in [5, 5.41) is 8.29. The number of hydrogen-bond donors (Lipinski definition) is 1. The lowest BCUT2D eigenvalue weighted by atomic mass is 10.1. The number of rotatable bonds is 7. The van der Waals surface area contributed by atoms with E-state index < -0.39 is 0 Å². The first-order chi connectivity index (χ1) is 15.1. The Balaban J connectivity index is 1.81. The van der Waals surface area contributed by atoms with Gasteiger partial charge in [-0.3, -0.25) is 4.79 Å². The van der Waals surface area contributed by atoms with Gasteiger partial charge in [0.1, 0.15) is 11.4 Å². The van der Waals surface area contributed by atoms with Gasteiger partial charge in [-0.25, -0.2) is 9.50 Å². The van der Waals surface area contributed by atoms with Crippen LogP contribution in [-0.2, 0) is 0 Å². The predicted octanol–water partition coefficient (Wildman–Crippen LogP) is 5.26. The van der Waals surface area contributed by atoms with Gasteiger partial charge in [0.05, 0.1) is 18.5 Å². The molecular formula is C24H23ClN4O2. The molecule has 4 rings (SSSR count). The number of nitrogens with zero attached hydrogens (tertiary/aromatic N) is 3. The van der Waals surface area contributed by atoms with Crippen molar-refractivity contribution >= 4 is 23.2 Å². The summed E-state index contributed by atoms with van der Waals surface area (Å²) >= 11 is 6.02. The number of halogens is 1. The highest BCUT2D eigenvalue weighted by Crippen LogP contribution is 2.26. The molecule has 0 radical (unpaired) electrons. The van der Waals surface area contributed by atoms with E-state index in [2.05, 4.69) is 17.3 Å². The second-order valence-electron chi connectivity index (χ2n) is 7.17. The normalized spacial score (nSPS) is 10.9. The largest absolute Gasteiger partial charge is 0.497 e. The molecule has 4 aromatic rings. The Morgan fingerprint density at radius 1 is 1.03 bits per heavy atom. The molecule has 158 valence electrons. The summed E-state index contributed by atoms with van der Waals surface area (Å²) in [7, 11) is 1.63. The van der Waals surface area contributed by atoms with Gasteiger partial charge in [0.15, 0.2) is 5.65 Å². The minimum absolute atomic E-state index is 0.179. The number of carbonyl (C=O) groups is 1. The fraction of sp³-hybridized carbons (Fsp3) is 0.208. The standard InChI is InChI=1S/C24H23ClN4O2/c1-3-4-13-26-24(30)22-14-20(16-7-11-19(31-2)12-8-16)27-23-15-21(28-29(22)23)17-5-9-18(25)10-6-17/h5-12,14-15H,3-4,13H2,1-2H3,(H,26,30). The van der Waals surface area contributed by atoms with Gasteiger partial charge in [0.25, 0.3) is 5.91 Å². The average molecular weight is 435 g/mol. The van der Waals surface area contributed by atoms with Crippen LogP contribution in [0.1, 0.15) is 30.3 Å². The fourth-order valence-corrected chi connectivity index (χ4v) is 3.40. The van der Waals surface area contributed by atoms with E-state index in [4.69, 9.17) is 21.3 Å². The quantitative estimate of drug-likeness (QED) is 0.403. The van der Waals surface area contributed by atoms with Crippen molar-refractivity contribution in [3.63, 3.8) is 0 Å². The van der Waals surface area contributed by atoms with Gasteiger partial charge in [-0.15, -0.1) is 0 Å². The molecule has 1 N–H and O–H groups in total. The van der Waals surface area contributed by atoms with Gasteiger partial charge >= 0.3 is 0 Å². The SMILES string of the molecule is CCCCNC(=O)c1cc(-c2ccc(OC)cc2)nc2cc(-c3ccc(Cl)cc3)nn12. The number of amides is 1. The molecule has 2 aromatic heterocycles. The molecule has 0 unspecified atom stereocenters. The molecule has 0 atom stereocenters. The Hall–Kier alpha value is -3.38. The molecule has 0 aliphatic heterocycles. The number of aromatic nitrogens is 3. The summed E-state index contributed by atoms with van der Waals surface area (Å²) in [5.41, 5.74) is 4.24. The van der Waals surface area contributed by atoms with E-state index in [1.54, 1.807) is 17.7 Å². The third-order valence-corrected chi connectivity index (χ3v) is 5.25. The van der Waals surface area contributed by atoms with Gasteiger partial charge in [0.2, 0.25) is 0 Å². The molecule has 31 heavy (non-hydrogen) atoms. The summed E-state index contributed by atoms with van der Waals surface area (Å²) in [4.78, 5) is 17.7. The third-order valence-electron chi connectivity index (χ3n) is 5.00. The first-order valence-corrected chi connectivity index (χ1v) is 10.6. The number of benzene rings is 2. The second kappa shape index (κ2) is 9.18. The van der Waals surface area contributed by atoms with Crippen LogP contribution in [0.2, 0.25) is 5.02 Å². The van der Waals surface area contributed by atoms with Crippen LogP contribution in [0.15, 0.2) is 60.7 Å². The Morgan fingerprint density at radius 3 is 2.39 bits per heavy atom. The van der Waals surface area contributed by atoms with Crippen LogP contribution in [-0.4, -0.2) is 34.2 Å². The van der Waals surface area contributed by atoms with Crippen LogP contribution in [0.5, 0.6) is 5.75 Å². The molecule has 6 nitrogen and oxygen atoms in total. The Bertz CT molecular complexity index is 1200. The number of fused-ring (bicyclic) bond motifs is 1. The van der Waals surface area contributed by atoms with Crippen molar-refractivity contribution in [2.24, 2.45) is 0 Å². The molecule has 2 heterocycles. The van der Waals surface area contributed by atoms with Crippen LogP contribution in [0.3, 0.4) is 0 Å². The lowest BCUT2D eigenvalue weighted by Crippen LogP contribution is -2.27. The van der Waals surface area contributed by atoms with Crippen molar-refractivity contribution < 1.29 is 9.53 Å². The summed E-state index contributed by atoms with van der Waals surface area (Å²) < 4.78 is 6.84. The molecule has 0 fully saturated rings. The van der Waals surface area contributed by atoms with Gasteiger partial charge in [-0.2, -0.15) is 5.10 Å². The number of nitrogens with one attached hydrogen (secondary N) is 1. The maximum absolute atomic E-state index is 13.0. The van der Waals surface area contributed by atoms with E-state index in [1.807, 2.05) is 54.6 Å². The summed E-state index contributed by atoms with van der Waals surface area (Å²) in [6, 6.07) is 18.7. The van der Waals surface area contributed by atoms with E-state index in [-0.39, 0.29) is 5.91 Å². The van der Waals surface area contributed by atoms with Gasteiger partial charge in [-0.1, -0.05) is 37.1 Å². The van der Waals surface area contributed by atoms with Crippen LogP contribution in [0.4, 0.5) is 0 Å². The maximum atomic E-state index is 13.0. The first kappa shape index (κ1) is 20.9. The zero-order chi connectivity index (χ0) is 21.8. The predicted molar refractivity (Wildman–Crippen MR) is 123 cm³/mol. The maximum Gasteiger partial charge on any atom is 0.270 e. The van der Waals surface area contributed by atoms with Crippen LogP contribution < -0.4 is 10.1 Å². The van der Waals surface area contributed by atoms with Crippen LogP contribution in [0.25, 0.3) is 28.2 Å². The molecule has 7 heteroatoms. The van der Waals surface area contributed by atoms with Crippen molar-refractivity contribution in [3.8, 4) is 28.3 Å². The van der Waals surface area contributed by atoms with E-state index in [1.165, 1.54) is 0 Å². The van der Waals surface area contributed by atoms with Crippen molar-refractivity contribution in [2.75, 3.05) is 13.7 Å². The van der Waals surface area contributed by atoms with Crippen molar-refractivity contribution in [3.05, 3.63) is 71.4 Å². The zero-order valence-electron chi connectivity index (χ0n) is 17.4. The van der Waals surface area contributed by atoms with Gasteiger partial charge in [0, 0.05) is 28.8 Å². The van der Waals surface area contributed by atoms with E-state index in [0.29, 0.717) is 28.6 Å². The summed E-state index contributed by atoms with van der Waals surface area (Å²) in [5.74, 6) is 0.582. The average Bonchev–Trinajstić information content (AvgIpc) is 3.23. The Labute approximate surface area is 185 Å². The topological polar surface area (TPSA) is 68.5 Å². The van der Waals surface area contributed by atoms with E-state index in [9.17, 15) is 4.79 Å². The number of hydrogen-bond acceptors (Lipinski definition) is 4. The number of methoxy groups -OCH3 is 1. The lowest BCUT2D eigenvalue weighted by Gasteiger charge is -2.09. The Morgan fingerprint density at radius 2 is 1.71 bits per heavy atom. The van der Waals surface area contributed by atoms with Gasteiger partial charge in [-0.05, 0) is 48.9 Å². The molecule has 0 bridgehead atoms. The van der Waals surface area contributed by atoms with Crippen molar-refractivity contribution in [1.82, 2.24) is 19.9 Å². The molecule has 0 spiro atoms. The van der Waals surface area contributed by atoms with Crippen molar-refractivity contribution in [1.29, 1.82) is 0 Å². The molecule has 0 aliphatic carbocycles. The van der Waals surface area contributed by atoms with Gasteiger partial charge < -0.3 is 10.1 Å². The smallest absolute Gasteiger partial charge is 0.270 e. The number of carbonyl (C=O) groups excluding carboxylic acids is 1. The number of ether oxygens (including phenoxy) is 1. The van der Waals surface area contributed by atoms with Crippen molar-refractivity contribution in [2.45, 2.75) is 19.8 Å². The zero-order valence-corrected chi connectivity index (χ0v) is 18.2. The lowest BCUT2D eigenvalue weighted by molar-refractivity contribution is 0.0945. The highest BCUT2D eigenvalue weighted by molar-refractivity contribution is 6.30.